The maximum Gasteiger partial charge on any atom is 0.416 e. The van der Waals surface area contributed by atoms with E-state index in [9.17, 15) is 40.3 Å². The fourth-order valence-electron chi connectivity index (χ4n) is 16.3. The van der Waals surface area contributed by atoms with Crippen LogP contribution in [0.1, 0.15) is 154 Å². The van der Waals surface area contributed by atoms with Gasteiger partial charge in [-0.15, -0.1) is 12.8 Å². The summed E-state index contributed by atoms with van der Waals surface area (Å²) in [5.74, 6) is 4.40. The predicted molar refractivity (Wildman–Crippen MR) is 539 cm³/mol. The Hall–Kier alpha value is -14.4. The number of ether oxygens (including phenoxy) is 6. The molecule has 10 aromatic rings. The van der Waals surface area contributed by atoms with Gasteiger partial charge >= 0.3 is 18.5 Å². The van der Waals surface area contributed by atoms with E-state index in [1.165, 1.54) is 74.5 Å². The van der Waals surface area contributed by atoms with E-state index in [2.05, 4.69) is 79.9 Å². The molecule has 762 valence electrons. The average molecular weight is 2090 g/mol. The van der Waals surface area contributed by atoms with E-state index < -0.39 is 58.5 Å². The van der Waals surface area contributed by atoms with Crippen LogP contribution in [0.5, 0.6) is 0 Å². The molecule has 4 atom stereocenters. The van der Waals surface area contributed by atoms with Crippen LogP contribution in [0.25, 0.3) is 27.3 Å². The van der Waals surface area contributed by atoms with Gasteiger partial charge in [0.05, 0.1) is 68.6 Å². The molecule has 0 saturated carbocycles. The normalized spacial score (nSPS) is 17.0. The first-order valence-electron chi connectivity index (χ1n) is 46.0. The van der Waals surface area contributed by atoms with Crippen LogP contribution in [0.4, 0.5) is 30.7 Å². The van der Waals surface area contributed by atoms with Crippen molar-refractivity contribution < 1.29 is 87.9 Å². The molecule has 1 spiro atoms. The van der Waals surface area contributed by atoms with Gasteiger partial charge < -0.3 is 49.7 Å². The zero-order valence-corrected chi connectivity index (χ0v) is 83.2. The smallest absolute Gasteiger partial charge is 0.379 e. The highest BCUT2D eigenvalue weighted by Crippen LogP contribution is 2.45. The molecule has 0 radical (unpaired) electrons. The van der Waals surface area contributed by atoms with Crippen molar-refractivity contribution in [2.24, 2.45) is 30.5 Å². The molecular weight excluding hydrogens is 1990 g/mol. The van der Waals surface area contributed by atoms with E-state index in [1.54, 1.807) is 67.4 Å². The van der Waals surface area contributed by atoms with Crippen molar-refractivity contribution in [3.63, 3.8) is 0 Å². The van der Waals surface area contributed by atoms with Gasteiger partial charge in [0.2, 0.25) is 0 Å². The standard InChI is InChI=1S/C34H36ClFN4O5.C25H28ClFN6O3.C24H18ClF4N3.C22H18ClFN4.2CO2/c1-4-16-42-20-33(21-43-17-5-2)22-44-34(45-23-33)11-14-40(15-12-34)19-29-30(24(3)41)31(26-10-9-25(36)18-27(26)35)39-32(38-29)28-8-6-7-13-37-28;1-17(34)23-21(6-3-5-12-35-14-15-36-13-11-30-33-28)31-25(22-7-2-4-10-29-22)32-24(23)19-9-8-18(27)16-20(19)26;1-13-14(2)31-23(32-22(13)19-9-8-18(26)11-20(19)25)21-10-5-16(12-30-21)15-3-6-17(7-4-15)24(27,28)29;1-2-15-20(16-10-9-14(24)13-17(16)23)27-22(19-8-4-6-12-26-19)28-21(15)18-7-3-5-11-25-18;2*2-1-3/h1-2,6-10,13,18,31H,11-12,14-17,19-23H2,3H3,(H,38,39);2,4,7-10,16,24H,3,5-6,11-15H2,1H3,(H,31,32);3-12,22H,1-2H3,(H,31,32);3-13,20H,2H2,1H3,(H,27,28);;. The van der Waals surface area contributed by atoms with Crippen molar-refractivity contribution in [2.75, 3.05) is 92.2 Å². The average Bonchev–Trinajstić information content (AvgIpc) is 0.772. The number of pyridine rings is 5. The zero-order chi connectivity index (χ0) is 106. The SMILES string of the molecule is C#CCOCC1(COCC#C)COC2(CCN(CC3=C(C(C)=O)C(c4ccc(F)cc4Cl)N=C(c4ccccn4)N3)CC2)OC1.CC(=O)C1=C(CCCCOCCOCCN=[N+]=[N-])NC(c2ccccn2)=NC1c1ccc(F)cc1Cl.CC1=C(C)C(c2ccc(F)cc2Cl)N=C(c2ccc(-c3ccc(C(F)(F)F)cc3)cn2)N1.CCC1=C(c2ccccn2)NC(c2ccccn2)=NC1c1ccc(F)cc1Cl.O=C=O.O=C=O. The van der Waals surface area contributed by atoms with Crippen molar-refractivity contribution in [1.82, 2.24) is 51.1 Å². The van der Waals surface area contributed by atoms with Gasteiger partial charge in [-0.05, 0) is 202 Å². The molecule has 2 fully saturated rings. The van der Waals surface area contributed by atoms with Crippen LogP contribution in [-0.4, -0.2) is 175 Å². The largest absolute Gasteiger partial charge is 0.416 e. The summed E-state index contributed by atoms with van der Waals surface area (Å²) in [7, 11) is 0. The number of likely N-dealkylation sites (tertiary alicyclic amines) is 1. The van der Waals surface area contributed by atoms with Crippen LogP contribution in [0.3, 0.4) is 0 Å². The summed E-state index contributed by atoms with van der Waals surface area (Å²) in [6.45, 7) is 14.5. The number of ketones is 2. The van der Waals surface area contributed by atoms with Gasteiger partial charge in [0.25, 0.3) is 0 Å². The highest BCUT2D eigenvalue weighted by atomic mass is 35.5. The van der Waals surface area contributed by atoms with Gasteiger partial charge in [-0.25, -0.2) is 17.6 Å². The molecule has 6 aliphatic rings. The molecule has 40 heteroatoms. The first-order chi connectivity index (χ1) is 70.9. The number of hydrogen-bond acceptors (Lipinski definition) is 27. The highest BCUT2D eigenvalue weighted by Gasteiger charge is 2.48. The Morgan fingerprint density at radius 2 is 0.932 bits per heavy atom. The third kappa shape index (κ3) is 31.6. The molecule has 0 aliphatic carbocycles. The lowest BCUT2D eigenvalue weighted by Crippen LogP contribution is -2.57. The summed E-state index contributed by atoms with van der Waals surface area (Å²) in [5, 5.41) is 17.7. The number of alkyl halides is 3. The van der Waals surface area contributed by atoms with Gasteiger partial charge in [0, 0.05) is 147 Å². The van der Waals surface area contributed by atoms with Gasteiger partial charge in [0.1, 0.15) is 83.4 Å². The van der Waals surface area contributed by atoms with Crippen molar-refractivity contribution in [3.05, 3.63) is 362 Å². The second-order valence-electron chi connectivity index (χ2n) is 33.5. The van der Waals surface area contributed by atoms with Gasteiger partial charge in [-0.2, -0.15) is 32.3 Å². The van der Waals surface area contributed by atoms with E-state index in [-0.39, 0.29) is 64.0 Å². The Balaban J connectivity index is 0.000000185. The molecule has 4 N–H and O–H groups in total. The molecule has 11 heterocycles. The number of nitrogens with zero attached hydrogens (tertiary/aromatic N) is 13. The van der Waals surface area contributed by atoms with Gasteiger partial charge in [-0.1, -0.05) is 137 Å². The minimum atomic E-state index is -4.38. The lowest BCUT2D eigenvalue weighted by atomic mass is 9.89. The van der Waals surface area contributed by atoms with E-state index in [4.69, 9.17) is 132 Å². The number of piperidine rings is 1. The minimum Gasteiger partial charge on any atom is -0.379 e. The maximum atomic E-state index is 14.0. The Morgan fingerprint density at radius 3 is 1.36 bits per heavy atom. The number of Topliss-reactive ketones (excluding diaryl/α,β-unsaturated/α-hetero) is 2. The molecule has 147 heavy (non-hydrogen) atoms. The van der Waals surface area contributed by atoms with E-state index in [0.29, 0.717) is 194 Å². The summed E-state index contributed by atoms with van der Waals surface area (Å²) in [4.78, 5) is 105. The number of carbonyl (C=O) groups excluding carboxylic acids is 6. The molecule has 5 aromatic heterocycles. The Bertz CT molecular complexity index is 6690. The molecule has 16 rings (SSSR count). The third-order valence-corrected chi connectivity index (χ3v) is 24.8. The molecule has 2 saturated heterocycles. The van der Waals surface area contributed by atoms with Crippen LogP contribution < -0.4 is 21.3 Å². The molecule has 5 aromatic carbocycles. The van der Waals surface area contributed by atoms with Gasteiger partial charge in [-0.3, -0.25) is 59.4 Å². The van der Waals surface area contributed by atoms with Crippen LogP contribution in [0, 0.1) is 53.4 Å². The van der Waals surface area contributed by atoms with Crippen LogP contribution in [0.15, 0.2) is 277 Å². The number of unbranched alkanes of at least 4 members (excludes halogenated alkanes) is 1. The maximum absolute atomic E-state index is 14.0. The molecule has 0 amide bonds. The Labute approximate surface area is 863 Å². The first kappa shape index (κ1) is 113. The van der Waals surface area contributed by atoms with Crippen LogP contribution in [0.2, 0.25) is 20.1 Å². The summed E-state index contributed by atoms with van der Waals surface area (Å²) in [5.41, 5.74) is 20.3. The first-order valence-corrected chi connectivity index (χ1v) is 47.5. The molecule has 29 nitrogen and oxygen atoms in total. The summed E-state index contributed by atoms with van der Waals surface area (Å²) in [6, 6.07) is 45.6. The molecule has 0 bridgehead atoms. The fourth-order valence-corrected chi connectivity index (χ4v) is 17.4. The van der Waals surface area contributed by atoms with Crippen molar-refractivity contribution >= 4 is 99.3 Å². The zero-order valence-electron chi connectivity index (χ0n) is 80.2. The van der Waals surface area contributed by atoms with Crippen LogP contribution in [-0.2, 0) is 63.4 Å². The number of terminal acetylenes is 2. The van der Waals surface area contributed by atoms with E-state index >= 15 is 0 Å². The molecule has 4 unspecified atom stereocenters. The number of aliphatic imine (C=N–C) groups is 4. The number of rotatable bonds is 32. The molecular formula is C107H100Cl4F7N17O12. The van der Waals surface area contributed by atoms with Crippen molar-refractivity contribution in [3.8, 4) is 35.8 Å². The lowest BCUT2D eigenvalue weighted by molar-refractivity contribution is -0.327. The van der Waals surface area contributed by atoms with E-state index in [1.807, 2.05) is 86.6 Å². The molecule has 6 aliphatic heterocycles. The monoisotopic (exact) mass is 2090 g/mol. The second kappa shape index (κ2) is 55.8. The van der Waals surface area contributed by atoms with E-state index in [0.717, 1.165) is 70.9 Å². The number of hydrogen-bond donors (Lipinski definition) is 4. The number of carbonyl (C=O) groups is 2. The Kier molecular flexibility index (Phi) is 42.9. The number of benzene rings is 5. The topological polar surface area (TPSA) is 372 Å². The predicted octanol–water partition coefficient (Wildman–Crippen LogP) is 20.2. The van der Waals surface area contributed by atoms with Crippen molar-refractivity contribution in [2.45, 2.75) is 109 Å². The minimum absolute atomic E-state index is 0.138. The van der Waals surface area contributed by atoms with Gasteiger partial charge in [0.15, 0.2) is 40.7 Å². The second-order valence-corrected chi connectivity index (χ2v) is 35.1. The van der Waals surface area contributed by atoms with Crippen LogP contribution >= 0.6 is 46.4 Å². The quantitative estimate of drug-likeness (QED) is 0.00759. The highest BCUT2D eigenvalue weighted by molar-refractivity contribution is 6.32. The van der Waals surface area contributed by atoms with Crippen molar-refractivity contribution in [1.29, 1.82) is 0 Å². The number of allylic oxidation sites excluding steroid dienone is 2. The fraction of sp³-hybridized carbons (Fsp3) is 0.299. The number of amidine groups is 4. The lowest BCUT2D eigenvalue weighted by Gasteiger charge is -2.49. The number of nitrogens with one attached hydrogen (secondary N) is 4. The summed E-state index contributed by atoms with van der Waals surface area (Å²) in [6.07, 6.45) is 19.3. The Morgan fingerprint density at radius 1 is 0.517 bits per heavy atom. The summed E-state index contributed by atoms with van der Waals surface area (Å²) < 4.78 is 128. The number of azide groups is 1. The number of halogens is 11. The third-order valence-electron chi connectivity index (χ3n) is 23.5. The summed E-state index contributed by atoms with van der Waals surface area (Å²) >= 11 is 25.5. The number of aromatic nitrogens is 5.